The maximum Gasteiger partial charge on any atom is 2.00 e. The number of hydrogen-bond acceptors (Lipinski definition) is 5. The zero-order valence-corrected chi connectivity index (χ0v) is 61.5. The summed E-state index contributed by atoms with van der Waals surface area (Å²) in [6, 6.07) is 21.7. The van der Waals surface area contributed by atoms with Crippen molar-refractivity contribution in [1.29, 1.82) is 21.0 Å². The van der Waals surface area contributed by atoms with Crippen LogP contribution in [0.1, 0.15) is 133 Å². The predicted molar refractivity (Wildman–Crippen MR) is 378 cm³/mol. The molecule has 2 fully saturated rings. The van der Waals surface area contributed by atoms with Crippen LogP contribution in [0.3, 0.4) is 0 Å². The van der Waals surface area contributed by atoms with Gasteiger partial charge in [0.2, 0.25) is 0 Å². The van der Waals surface area contributed by atoms with Crippen LogP contribution in [0.4, 0.5) is 5.69 Å². The van der Waals surface area contributed by atoms with E-state index < -0.39 is 0 Å². The number of para-hydroxylation sites is 1. The number of allylic oxidation sites excluding steroid dienone is 11. The van der Waals surface area contributed by atoms with Crippen LogP contribution in [0.2, 0.25) is 0 Å². The number of nitrogens with zero attached hydrogens (tertiary/aromatic N) is 8. The number of nitriles is 4. The second-order valence-electron chi connectivity index (χ2n) is 17.3. The quantitative estimate of drug-likeness (QED) is 0.0269. The van der Waals surface area contributed by atoms with E-state index in [4.69, 9.17) is 26.3 Å². The molecular weight excluding hydrogens is 1260 g/mol. The van der Waals surface area contributed by atoms with Crippen LogP contribution >= 0.6 is 105 Å². The van der Waals surface area contributed by atoms with Crippen LogP contribution in [-0.2, 0) is 23.5 Å². The molecule has 0 radical (unpaired) electrons. The Balaban J connectivity index is -0.00000132. The Morgan fingerprint density at radius 3 is 1.59 bits per heavy atom. The molecule has 0 heterocycles. The minimum absolute atomic E-state index is 0. The number of hydrogen-bond donors (Lipinski definition) is 1. The van der Waals surface area contributed by atoms with Gasteiger partial charge in [-0.05, 0) is 169 Å². The Hall–Kier alpha value is -1.29. The van der Waals surface area contributed by atoms with E-state index in [1.807, 2.05) is 74.5 Å². The molecule has 2 aromatic rings. The molecule has 0 spiro atoms. The molecule has 79 heavy (non-hydrogen) atoms. The minimum atomic E-state index is -0.218. The van der Waals surface area contributed by atoms with E-state index in [1.54, 1.807) is 6.92 Å². The number of benzene rings is 2. The largest absolute Gasteiger partial charge is 2.00 e. The first-order chi connectivity index (χ1) is 36.6. The monoisotopic (exact) mass is 1340 g/mol. The molecule has 0 amide bonds. The van der Waals surface area contributed by atoms with Crippen molar-refractivity contribution in [1.82, 2.24) is 0 Å². The molecule has 0 bridgehead atoms. The fourth-order valence-electron chi connectivity index (χ4n) is 8.14. The van der Waals surface area contributed by atoms with Crippen molar-refractivity contribution in [3.63, 3.8) is 0 Å². The third kappa shape index (κ3) is 29.9. The molecule has 9 nitrogen and oxygen atoms in total. The molecule has 0 saturated heterocycles. The molecule has 422 valence electrons. The molecule has 2 aliphatic carbocycles. The molecule has 9 unspecified atom stereocenters. The first kappa shape index (κ1) is 81.9. The van der Waals surface area contributed by atoms with E-state index in [0.717, 1.165) is 58.1 Å². The second-order valence-corrected chi connectivity index (χ2v) is 64.8. The molecule has 0 aromatic heterocycles. The predicted octanol–water partition coefficient (Wildman–Crippen LogP) is 22.9. The van der Waals surface area contributed by atoms with Crippen molar-refractivity contribution in [2.45, 2.75) is 125 Å². The van der Waals surface area contributed by atoms with Gasteiger partial charge < -0.3 is 20.2 Å². The topological polar surface area (TPSA) is 125 Å². The molecule has 2 aliphatic rings. The van der Waals surface area contributed by atoms with Gasteiger partial charge in [0.1, 0.15) is 0 Å². The molecule has 23 heteroatoms. The van der Waals surface area contributed by atoms with Crippen molar-refractivity contribution in [2.24, 2.45) is 11.8 Å². The van der Waals surface area contributed by atoms with Gasteiger partial charge in [0.15, 0.2) is 0 Å². The fourth-order valence-corrected chi connectivity index (χ4v) is 135. The number of unbranched alkanes of at least 4 members (excludes halogenated alkanes) is 2. The van der Waals surface area contributed by atoms with Gasteiger partial charge in [0.25, 0.3) is 22.8 Å². The first-order valence-electron chi connectivity index (χ1n) is 24.8. The third-order valence-corrected chi connectivity index (χ3v) is 85.4. The summed E-state index contributed by atoms with van der Waals surface area (Å²) in [7, 11) is 22.2. The van der Waals surface area contributed by atoms with E-state index in [-0.39, 0.29) is 113 Å². The van der Waals surface area contributed by atoms with E-state index in [2.05, 4.69) is 131 Å². The standard InChI is InChI=1S/C36H30N8.C10H15N.C8H14.2CH3.Fe.H15P13/c1-8-9-14-29(33(21-38)42-5)36(35(23-40)44-7)31-17-24(2)28(18-27(31)16-15-26-12-10-11-13-26)19-30(34(22-39)43-6)25(3)32(20-37)41-4;1-2-3-9-11-10-7-5-4-6-8-10;1-2-5-8-6-3-4-7-8;;;;1-8-12(9(2)3)13(10(4)5)11(6)7/h15-18,26H,8-14,19H2,1-3H3;4-8,11H,2-3,9H2,1H3;2,5,8H,3-4,6-7H2,1H3;2*1H3;;8H,1-7H2/q;;;2*-1;+2;/b16-15?,32-25-,33-29+,34-30+,36-35+;;;;;;. The molecule has 4 rings (SSSR count). The Morgan fingerprint density at radius 2 is 1.19 bits per heavy atom. The number of nitrogens with one attached hydrogen (secondary N) is 1. The summed E-state index contributed by atoms with van der Waals surface area (Å²) in [4.78, 5) is 13.6. The van der Waals surface area contributed by atoms with Crippen LogP contribution < -0.4 is 5.32 Å². The molecule has 0 aliphatic heterocycles. The van der Waals surface area contributed by atoms with Crippen LogP contribution in [-0.4, -0.2) is 6.54 Å². The van der Waals surface area contributed by atoms with Crippen molar-refractivity contribution in [3.05, 3.63) is 183 Å². The second kappa shape index (κ2) is 49.0. The number of rotatable bonds is 20. The fraction of sp³-hybridized carbons (Fsp3) is 0.393. The third-order valence-electron chi connectivity index (χ3n) is 12.1. The Bertz CT molecular complexity index is 2660. The van der Waals surface area contributed by atoms with Crippen molar-refractivity contribution < 1.29 is 17.1 Å². The van der Waals surface area contributed by atoms with Crippen molar-refractivity contribution >= 4 is 123 Å². The summed E-state index contributed by atoms with van der Waals surface area (Å²) in [6.45, 7) is 42.0. The number of aryl methyl sites for hydroxylation is 1. The first-order valence-corrected chi connectivity index (χ1v) is 47.7. The maximum atomic E-state index is 10.0. The zero-order chi connectivity index (χ0) is 57.0. The van der Waals surface area contributed by atoms with E-state index in [1.165, 1.54) is 44.2 Å². The molecular formula is C56H80FeN9P13. The van der Waals surface area contributed by atoms with Crippen LogP contribution in [0, 0.1) is 105 Å². The van der Waals surface area contributed by atoms with E-state index >= 15 is 0 Å². The van der Waals surface area contributed by atoms with Gasteiger partial charge in [-0.1, -0.05) is 121 Å². The molecule has 1 N–H and O–H groups in total. The average molecular weight is 1340 g/mol. The normalized spacial score (nSPS) is 14.6. The molecule has 2 saturated carbocycles. The van der Waals surface area contributed by atoms with E-state index in [9.17, 15) is 21.0 Å². The van der Waals surface area contributed by atoms with Gasteiger partial charge in [-0.2, -0.15) is 0 Å². The van der Waals surface area contributed by atoms with Crippen molar-refractivity contribution in [3.8, 4) is 24.3 Å². The van der Waals surface area contributed by atoms with Crippen LogP contribution in [0.5, 0.6) is 0 Å². The Kier molecular flexibility index (Phi) is 50.8. The van der Waals surface area contributed by atoms with Gasteiger partial charge in [-0.25, -0.2) is 40.4 Å². The maximum absolute atomic E-state index is 10.0. The van der Waals surface area contributed by atoms with Gasteiger partial charge >= 0.3 is 17.1 Å². The van der Waals surface area contributed by atoms with Gasteiger partial charge in [0.05, 0.1) is 50.6 Å². The van der Waals surface area contributed by atoms with Gasteiger partial charge in [-0.15, -0.1) is 62.5 Å². The van der Waals surface area contributed by atoms with Crippen LogP contribution in [0.25, 0.3) is 31.0 Å². The summed E-state index contributed by atoms with van der Waals surface area (Å²) >= 11 is 0. The Morgan fingerprint density at radius 1 is 0.709 bits per heavy atom. The van der Waals surface area contributed by atoms with Crippen LogP contribution in [0.15, 0.2) is 100 Å². The molecule has 2 aromatic carbocycles. The smallest absolute Gasteiger partial charge is 0.385 e. The molecule has 9 atom stereocenters. The average Bonchev–Trinajstić information content (AvgIpc) is 4.15. The Labute approximate surface area is 512 Å². The summed E-state index contributed by atoms with van der Waals surface area (Å²) in [5.74, 6) is 1.29. The van der Waals surface area contributed by atoms with Gasteiger partial charge in [-0.3, -0.25) is 0 Å². The SMILES string of the molecule is CC=CC1CCCC1.CCCCNc1ccccc1.PPP(P(P)P)P(P(P)P)P(P)P.[C-]#[N+]/C(C#N)=C(C)\C(Cc1cc(C=CC2CCCC2)c(C(=C(\C#N)[N+]#[C-])/C(CCCC)=C(\C#N)[N+]#[C-])cc1C)=C(/C#N)[N+]#[C-].[CH3-].[CH3-].[Fe+2]. The summed E-state index contributed by atoms with van der Waals surface area (Å²) < 4.78 is 0. The summed E-state index contributed by atoms with van der Waals surface area (Å²) in [6.07, 6.45) is 23.0. The van der Waals surface area contributed by atoms with Gasteiger partial charge in [0, 0.05) is 12.2 Å². The minimum Gasteiger partial charge on any atom is -0.385 e. The summed E-state index contributed by atoms with van der Waals surface area (Å²) in [5, 5.41) is 42.4. The number of anilines is 1. The zero-order valence-electron chi connectivity index (χ0n) is 46.8. The summed E-state index contributed by atoms with van der Waals surface area (Å²) in [5.41, 5.74) is 4.19. The van der Waals surface area contributed by atoms with Crippen molar-refractivity contribution in [2.75, 3.05) is 11.9 Å². The van der Waals surface area contributed by atoms with E-state index in [0.29, 0.717) is 41.0 Å².